The number of rotatable bonds is 8. The Bertz CT molecular complexity index is 398. The number of ether oxygens (including phenoxy) is 1. The lowest BCUT2D eigenvalue weighted by atomic mass is 10.0. The van der Waals surface area contributed by atoms with Gasteiger partial charge in [-0.15, -0.1) is 0 Å². The van der Waals surface area contributed by atoms with Crippen LogP contribution in [0.15, 0.2) is 30.3 Å². The Morgan fingerprint density at radius 2 is 2.05 bits per heavy atom. The molecule has 118 valence electrons. The van der Waals surface area contributed by atoms with E-state index in [0.717, 1.165) is 37.7 Å². The topological polar surface area (TPSA) is 52.9 Å². The van der Waals surface area contributed by atoms with Gasteiger partial charge in [0.25, 0.3) is 0 Å². The van der Waals surface area contributed by atoms with E-state index < -0.39 is 6.10 Å². The van der Waals surface area contributed by atoms with Gasteiger partial charge in [-0.3, -0.25) is 0 Å². The van der Waals surface area contributed by atoms with Crippen molar-refractivity contribution in [2.75, 3.05) is 6.54 Å². The number of hydrogen-bond acceptors (Lipinski definition) is 4. The Morgan fingerprint density at radius 1 is 1.29 bits per heavy atom. The van der Waals surface area contributed by atoms with Crippen LogP contribution in [0.4, 0.5) is 0 Å². The minimum Gasteiger partial charge on any atom is -0.391 e. The van der Waals surface area contributed by atoms with Crippen molar-refractivity contribution in [2.24, 2.45) is 0 Å². The lowest BCUT2D eigenvalue weighted by Crippen LogP contribution is -2.44. The standard InChI is InChI=1S/C17H27NO3/c1-2-3-5-10-15(19)17-16(11-12-18(17)20)21-13-14-8-6-4-7-9-14/h4,6-9,15-17,19-20H,2-3,5,10-13H2,1H3/t15?,16-,17?/m0/s1. The average Bonchev–Trinajstić information content (AvgIpc) is 2.87. The van der Waals surface area contributed by atoms with Crippen LogP contribution in [0.3, 0.4) is 0 Å². The van der Waals surface area contributed by atoms with Crippen LogP contribution in [0.2, 0.25) is 0 Å². The summed E-state index contributed by atoms with van der Waals surface area (Å²) in [5.74, 6) is 0. The van der Waals surface area contributed by atoms with Gasteiger partial charge < -0.3 is 15.1 Å². The van der Waals surface area contributed by atoms with Gasteiger partial charge in [0.2, 0.25) is 0 Å². The third-order valence-corrected chi connectivity index (χ3v) is 4.17. The summed E-state index contributed by atoms with van der Waals surface area (Å²) in [7, 11) is 0. The minimum absolute atomic E-state index is 0.105. The van der Waals surface area contributed by atoms with Crippen molar-refractivity contribution in [1.29, 1.82) is 0 Å². The predicted octanol–water partition coefficient (Wildman–Crippen LogP) is 2.98. The molecule has 0 spiro atoms. The number of hydroxylamine groups is 2. The molecule has 2 unspecified atom stereocenters. The van der Waals surface area contributed by atoms with E-state index in [0.29, 0.717) is 13.2 Å². The largest absolute Gasteiger partial charge is 0.391 e. The van der Waals surface area contributed by atoms with Crippen LogP contribution in [0.1, 0.15) is 44.6 Å². The van der Waals surface area contributed by atoms with Gasteiger partial charge in [0, 0.05) is 6.54 Å². The van der Waals surface area contributed by atoms with Gasteiger partial charge in [0.1, 0.15) is 0 Å². The Labute approximate surface area is 127 Å². The van der Waals surface area contributed by atoms with E-state index in [-0.39, 0.29) is 12.1 Å². The van der Waals surface area contributed by atoms with E-state index >= 15 is 0 Å². The van der Waals surface area contributed by atoms with Crippen molar-refractivity contribution in [3.05, 3.63) is 35.9 Å². The summed E-state index contributed by atoms with van der Waals surface area (Å²) in [5.41, 5.74) is 1.12. The van der Waals surface area contributed by atoms with Gasteiger partial charge in [0.15, 0.2) is 0 Å². The fourth-order valence-corrected chi connectivity index (χ4v) is 2.95. The van der Waals surface area contributed by atoms with Gasteiger partial charge in [-0.05, 0) is 18.4 Å². The van der Waals surface area contributed by atoms with E-state index in [1.807, 2.05) is 30.3 Å². The van der Waals surface area contributed by atoms with Gasteiger partial charge in [-0.2, -0.15) is 5.06 Å². The SMILES string of the molecule is CCCCCC(O)C1[C@@H](OCc2ccccc2)CCN1O. The lowest BCUT2D eigenvalue weighted by molar-refractivity contribution is -0.156. The number of unbranched alkanes of at least 4 members (excludes halogenated alkanes) is 2. The van der Waals surface area contributed by atoms with Crippen molar-refractivity contribution in [1.82, 2.24) is 5.06 Å². The first-order valence-electron chi connectivity index (χ1n) is 8.01. The minimum atomic E-state index is -0.523. The summed E-state index contributed by atoms with van der Waals surface area (Å²) in [6.45, 7) is 3.23. The smallest absolute Gasteiger partial charge is 0.0871 e. The van der Waals surface area contributed by atoms with E-state index in [9.17, 15) is 10.3 Å². The predicted molar refractivity (Wildman–Crippen MR) is 82.1 cm³/mol. The molecule has 1 fully saturated rings. The molecule has 1 aromatic carbocycles. The molecule has 0 bridgehead atoms. The Kier molecular flexibility index (Phi) is 6.64. The first kappa shape index (κ1) is 16.4. The Morgan fingerprint density at radius 3 is 2.76 bits per heavy atom. The summed E-state index contributed by atoms with van der Waals surface area (Å²) in [4.78, 5) is 0. The van der Waals surface area contributed by atoms with Crippen molar-refractivity contribution in [3.63, 3.8) is 0 Å². The molecule has 1 aromatic rings. The maximum absolute atomic E-state index is 10.3. The monoisotopic (exact) mass is 293 g/mol. The van der Waals surface area contributed by atoms with Crippen LogP contribution < -0.4 is 0 Å². The highest BCUT2D eigenvalue weighted by Crippen LogP contribution is 2.25. The summed E-state index contributed by atoms with van der Waals surface area (Å²) >= 11 is 0. The van der Waals surface area contributed by atoms with Gasteiger partial charge in [-0.25, -0.2) is 0 Å². The van der Waals surface area contributed by atoms with Gasteiger partial charge >= 0.3 is 0 Å². The molecule has 0 saturated carbocycles. The first-order valence-corrected chi connectivity index (χ1v) is 8.01. The van der Waals surface area contributed by atoms with Crippen molar-refractivity contribution < 1.29 is 15.1 Å². The molecular weight excluding hydrogens is 266 g/mol. The van der Waals surface area contributed by atoms with Crippen LogP contribution >= 0.6 is 0 Å². The molecule has 21 heavy (non-hydrogen) atoms. The molecule has 2 rings (SSSR count). The van der Waals surface area contributed by atoms with Crippen LogP contribution in [0.5, 0.6) is 0 Å². The molecule has 0 radical (unpaired) electrons. The summed E-state index contributed by atoms with van der Waals surface area (Å²) in [6.07, 6.45) is 4.10. The second-order valence-corrected chi connectivity index (χ2v) is 5.84. The quantitative estimate of drug-likeness (QED) is 0.724. The molecule has 1 aliphatic heterocycles. The van der Waals surface area contributed by atoms with Crippen LogP contribution in [0, 0.1) is 0 Å². The fraction of sp³-hybridized carbons (Fsp3) is 0.647. The normalized spacial score (nSPS) is 24.3. The molecule has 0 aromatic heterocycles. The van der Waals surface area contributed by atoms with Crippen molar-refractivity contribution >= 4 is 0 Å². The fourth-order valence-electron chi connectivity index (χ4n) is 2.95. The zero-order valence-electron chi connectivity index (χ0n) is 12.8. The summed E-state index contributed by atoms with van der Waals surface area (Å²) in [6, 6.07) is 9.71. The maximum Gasteiger partial charge on any atom is 0.0871 e. The number of aliphatic hydroxyl groups is 1. The average molecular weight is 293 g/mol. The van der Waals surface area contributed by atoms with E-state index in [2.05, 4.69) is 6.92 Å². The molecule has 1 saturated heterocycles. The number of aliphatic hydroxyl groups excluding tert-OH is 1. The second-order valence-electron chi connectivity index (χ2n) is 5.84. The Hall–Kier alpha value is -0.940. The van der Waals surface area contributed by atoms with Gasteiger partial charge in [-0.1, -0.05) is 56.5 Å². The zero-order valence-corrected chi connectivity index (χ0v) is 12.8. The molecule has 2 N–H and O–H groups in total. The molecule has 4 heteroatoms. The maximum atomic E-state index is 10.3. The first-order chi connectivity index (χ1) is 10.2. The third-order valence-electron chi connectivity index (χ3n) is 4.17. The van der Waals surface area contributed by atoms with Crippen LogP contribution in [0.25, 0.3) is 0 Å². The van der Waals surface area contributed by atoms with Crippen molar-refractivity contribution in [2.45, 2.75) is 63.9 Å². The highest BCUT2D eigenvalue weighted by molar-refractivity contribution is 5.13. The number of hydrogen-bond donors (Lipinski definition) is 2. The second kappa shape index (κ2) is 8.49. The van der Waals surface area contributed by atoms with Gasteiger partial charge in [0.05, 0.1) is 24.9 Å². The van der Waals surface area contributed by atoms with E-state index in [1.54, 1.807) is 0 Å². The van der Waals surface area contributed by atoms with E-state index in [4.69, 9.17) is 4.74 Å². The Balaban J connectivity index is 1.85. The van der Waals surface area contributed by atoms with Crippen LogP contribution in [-0.2, 0) is 11.3 Å². The van der Waals surface area contributed by atoms with Crippen molar-refractivity contribution in [3.8, 4) is 0 Å². The van der Waals surface area contributed by atoms with E-state index in [1.165, 1.54) is 5.06 Å². The zero-order chi connectivity index (χ0) is 15.1. The highest BCUT2D eigenvalue weighted by Gasteiger charge is 2.38. The number of nitrogens with zero attached hydrogens (tertiary/aromatic N) is 1. The third kappa shape index (κ3) is 4.78. The summed E-state index contributed by atoms with van der Waals surface area (Å²) < 4.78 is 5.94. The molecular formula is C17H27NO3. The molecule has 1 heterocycles. The molecule has 0 amide bonds. The summed E-state index contributed by atoms with van der Waals surface area (Å²) in [5, 5.41) is 21.6. The molecule has 4 nitrogen and oxygen atoms in total. The lowest BCUT2D eigenvalue weighted by Gasteiger charge is -2.28. The molecule has 3 atom stereocenters. The molecule has 0 aliphatic carbocycles. The number of benzene rings is 1. The van der Waals surface area contributed by atoms with Crippen LogP contribution in [-0.4, -0.2) is 40.2 Å². The molecule has 1 aliphatic rings. The highest BCUT2D eigenvalue weighted by atomic mass is 16.5.